The highest BCUT2D eigenvalue weighted by molar-refractivity contribution is 7.22. The summed E-state index contributed by atoms with van der Waals surface area (Å²) in [6.07, 6.45) is 1.01. The van der Waals surface area contributed by atoms with E-state index in [0.29, 0.717) is 28.8 Å². The Morgan fingerprint density at radius 1 is 1.07 bits per heavy atom. The molecule has 1 atom stereocenters. The summed E-state index contributed by atoms with van der Waals surface area (Å²) in [5.41, 5.74) is 2.52. The Bertz CT molecular complexity index is 1550. The fourth-order valence-corrected chi connectivity index (χ4v) is 6.37. The van der Waals surface area contributed by atoms with Crippen molar-refractivity contribution in [1.82, 2.24) is 9.47 Å². The first-order valence-electron chi connectivity index (χ1n) is 13.6. The van der Waals surface area contributed by atoms with Gasteiger partial charge in [-0.25, -0.2) is 4.39 Å². The molecule has 0 aliphatic carbocycles. The number of fused-ring (bicyclic) bond motifs is 1. The van der Waals surface area contributed by atoms with Gasteiger partial charge in [-0.05, 0) is 42.8 Å². The number of methoxy groups -OCH3 is 1. The zero-order valence-electron chi connectivity index (χ0n) is 24.0. The first kappa shape index (κ1) is 29.5. The number of carbonyl (C=O) groups excluding carboxylic acids is 1. The fourth-order valence-electron chi connectivity index (χ4n) is 5.06. The number of thiophene rings is 1. The number of para-hydroxylation sites is 1. The molecule has 0 fully saturated rings. The quantitative estimate of drug-likeness (QED) is 0.183. The van der Waals surface area contributed by atoms with Crippen molar-refractivity contribution >= 4 is 27.5 Å². The summed E-state index contributed by atoms with van der Waals surface area (Å²) >= 11 is 1.50. The normalized spacial score (nSPS) is 12.3. The molecule has 0 amide bonds. The Kier molecular flexibility index (Phi) is 9.43. The number of benzene rings is 2. The van der Waals surface area contributed by atoms with Crippen molar-refractivity contribution in [2.24, 2.45) is 5.92 Å². The molecule has 0 saturated heterocycles. The minimum absolute atomic E-state index is 0.144. The molecule has 6 nitrogen and oxygen atoms in total. The standard InChI is InChI=1S/C32H37FN2O4S/c1-7-34(8-2)18-24-28-29(37)25(30(20(3)4)39-21(5)36)19-35(17-22-13-9-11-15-26(22)33)32(28)40-31(24)23-14-10-12-16-27(23)38-6/h9-16,19-20,30H,7-8,17-18H2,1-6H3. The highest BCUT2D eigenvalue weighted by atomic mass is 32.1. The van der Waals surface area contributed by atoms with Gasteiger partial charge in [-0.15, -0.1) is 11.3 Å². The Labute approximate surface area is 239 Å². The van der Waals surface area contributed by atoms with E-state index in [2.05, 4.69) is 18.7 Å². The highest BCUT2D eigenvalue weighted by Crippen LogP contribution is 2.43. The Morgan fingerprint density at radius 3 is 2.38 bits per heavy atom. The van der Waals surface area contributed by atoms with Crippen LogP contribution in [0.2, 0.25) is 0 Å². The number of ether oxygens (including phenoxy) is 2. The summed E-state index contributed by atoms with van der Waals surface area (Å²) in [5, 5.41) is 0.574. The Balaban J connectivity index is 2.11. The van der Waals surface area contributed by atoms with E-state index in [1.807, 2.05) is 42.7 Å². The Hall–Kier alpha value is -3.49. The van der Waals surface area contributed by atoms with Crippen molar-refractivity contribution in [3.8, 4) is 16.2 Å². The number of rotatable bonds is 11. The minimum atomic E-state index is -0.739. The number of pyridine rings is 1. The molecule has 2 aromatic heterocycles. The SMILES string of the molecule is CCN(CC)Cc1c(-c2ccccc2OC)sc2c1c(=O)c(C(OC(C)=O)C(C)C)cn2Cc1ccccc1F. The van der Waals surface area contributed by atoms with E-state index in [-0.39, 0.29) is 23.7 Å². The molecule has 40 heavy (non-hydrogen) atoms. The van der Waals surface area contributed by atoms with Gasteiger partial charge in [0, 0.05) is 35.7 Å². The second-order valence-corrected chi connectivity index (χ2v) is 11.2. The van der Waals surface area contributed by atoms with Gasteiger partial charge in [0.15, 0.2) is 5.43 Å². The van der Waals surface area contributed by atoms with Crippen LogP contribution in [0.4, 0.5) is 4.39 Å². The molecule has 0 spiro atoms. The maximum Gasteiger partial charge on any atom is 0.303 e. The lowest BCUT2D eigenvalue weighted by Gasteiger charge is -2.23. The van der Waals surface area contributed by atoms with Crippen LogP contribution >= 0.6 is 11.3 Å². The largest absolute Gasteiger partial charge is 0.496 e. The molecule has 0 aliphatic rings. The second-order valence-electron chi connectivity index (χ2n) is 10.2. The Morgan fingerprint density at radius 2 is 1.75 bits per heavy atom. The number of hydrogen-bond acceptors (Lipinski definition) is 6. The van der Waals surface area contributed by atoms with Crippen molar-refractivity contribution in [3.05, 3.63) is 87.5 Å². The minimum Gasteiger partial charge on any atom is -0.496 e. The summed E-state index contributed by atoms with van der Waals surface area (Å²) in [6.45, 7) is 11.8. The maximum absolute atomic E-state index is 14.9. The maximum atomic E-state index is 14.9. The summed E-state index contributed by atoms with van der Waals surface area (Å²) < 4.78 is 28.2. The van der Waals surface area contributed by atoms with Crippen molar-refractivity contribution in [2.45, 2.75) is 53.8 Å². The van der Waals surface area contributed by atoms with E-state index >= 15 is 0 Å². The lowest BCUT2D eigenvalue weighted by molar-refractivity contribution is -0.149. The predicted molar refractivity (Wildman–Crippen MR) is 160 cm³/mol. The summed E-state index contributed by atoms with van der Waals surface area (Å²) in [4.78, 5) is 30.4. The average molecular weight is 565 g/mol. The molecule has 0 bridgehead atoms. The molecular weight excluding hydrogens is 527 g/mol. The number of aromatic nitrogens is 1. The molecular formula is C32H37FN2O4S. The molecule has 0 N–H and O–H groups in total. The van der Waals surface area contributed by atoms with Crippen molar-refractivity contribution in [1.29, 1.82) is 0 Å². The summed E-state index contributed by atoms with van der Waals surface area (Å²) in [5.74, 6) is -0.207. The number of nitrogens with zero attached hydrogens (tertiary/aromatic N) is 2. The first-order valence-corrected chi connectivity index (χ1v) is 14.5. The van der Waals surface area contributed by atoms with E-state index in [1.165, 1.54) is 24.3 Å². The fraction of sp³-hybridized carbons (Fsp3) is 0.375. The molecule has 8 heteroatoms. The molecule has 4 aromatic rings. The van der Waals surface area contributed by atoms with Gasteiger partial charge in [0.25, 0.3) is 0 Å². The van der Waals surface area contributed by atoms with Gasteiger partial charge < -0.3 is 14.0 Å². The van der Waals surface area contributed by atoms with Gasteiger partial charge in [0.1, 0.15) is 22.5 Å². The molecule has 1 unspecified atom stereocenters. The summed E-state index contributed by atoms with van der Waals surface area (Å²) in [7, 11) is 1.64. The zero-order chi connectivity index (χ0) is 29.0. The number of carbonyl (C=O) groups is 1. The molecule has 4 rings (SSSR count). The molecule has 0 radical (unpaired) electrons. The average Bonchev–Trinajstić information content (AvgIpc) is 3.32. The lowest BCUT2D eigenvalue weighted by Crippen LogP contribution is -2.26. The van der Waals surface area contributed by atoms with Gasteiger partial charge in [0.05, 0.1) is 24.6 Å². The highest BCUT2D eigenvalue weighted by Gasteiger charge is 2.29. The number of esters is 1. The van der Waals surface area contributed by atoms with E-state index < -0.39 is 12.1 Å². The smallest absolute Gasteiger partial charge is 0.303 e. The van der Waals surface area contributed by atoms with Crippen LogP contribution in [0.5, 0.6) is 5.75 Å². The van der Waals surface area contributed by atoms with Gasteiger partial charge in [-0.2, -0.15) is 0 Å². The third-order valence-electron chi connectivity index (χ3n) is 7.16. The molecule has 2 heterocycles. The van der Waals surface area contributed by atoms with E-state index in [4.69, 9.17) is 9.47 Å². The van der Waals surface area contributed by atoms with Crippen LogP contribution in [-0.4, -0.2) is 35.6 Å². The summed E-state index contributed by atoms with van der Waals surface area (Å²) in [6, 6.07) is 14.4. The molecule has 212 valence electrons. The van der Waals surface area contributed by atoms with Gasteiger partial charge in [-0.3, -0.25) is 14.5 Å². The lowest BCUT2D eigenvalue weighted by atomic mass is 9.97. The van der Waals surface area contributed by atoms with Crippen LogP contribution in [0, 0.1) is 11.7 Å². The number of hydrogen-bond donors (Lipinski definition) is 0. The van der Waals surface area contributed by atoms with Gasteiger partial charge in [-0.1, -0.05) is 58.0 Å². The van der Waals surface area contributed by atoms with Crippen LogP contribution in [0.25, 0.3) is 20.7 Å². The molecule has 0 saturated carbocycles. The van der Waals surface area contributed by atoms with Crippen LogP contribution in [0.3, 0.4) is 0 Å². The predicted octanol–water partition coefficient (Wildman–Crippen LogP) is 7.03. The van der Waals surface area contributed by atoms with Gasteiger partial charge in [0.2, 0.25) is 0 Å². The molecule has 2 aromatic carbocycles. The van der Waals surface area contributed by atoms with Crippen LogP contribution < -0.4 is 10.2 Å². The number of halogens is 1. The van der Waals surface area contributed by atoms with Crippen molar-refractivity contribution < 1.29 is 18.7 Å². The third-order valence-corrected chi connectivity index (χ3v) is 8.47. The molecule has 0 aliphatic heterocycles. The topological polar surface area (TPSA) is 60.8 Å². The van der Waals surface area contributed by atoms with Crippen LogP contribution in [0.15, 0.2) is 59.5 Å². The monoisotopic (exact) mass is 564 g/mol. The van der Waals surface area contributed by atoms with Crippen LogP contribution in [-0.2, 0) is 22.6 Å². The van der Waals surface area contributed by atoms with E-state index in [1.54, 1.807) is 31.5 Å². The van der Waals surface area contributed by atoms with Gasteiger partial charge >= 0.3 is 5.97 Å². The first-order chi connectivity index (χ1) is 19.2. The van der Waals surface area contributed by atoms with Crippen LogP contribution in [0.1, 0.15) is 57.4 Å². The second kappa shape index (κ2) is 12.8. The van der Waals surface area contributed by atoms with Crippen molar-refractivity contribution in [2.75, 3.05) is 20.2 Å². The van der Waals surface area contributed by atoms with Crippen molar-refractivity contribution in [3.63, 3.8) is 0 Å². The van der Waals surface area contributed by atoms with E-state index in [9.17, 15) is 14.0 Å². The third kappa shape index (κ3) is 5.98. The van der Waals surface area contributed by atoms with E-state index in [0.717, 1.165) is 33.9 Å². The zero-order valence-corrected chi connectivity index (χ0v) is 24.8.